The van der Waals surface area contributed by atoms with E-state index < -0.39 is 11.3 Å². The normalized spacial score (nSPS) is 20.8. The number of anilines is 2. The van der Waals surface area contributed by atoms with Crippen LogP contribution in [0.4, 0.5) is 16.2 Å². The Hall–Kier alpha value is -2.96. The van der Waals surface area contributed by atoms with Gasteiger partial charge in [-0.25, -0.2) is 9.37 Å². The highest BCUT2D eigenvalue weighted by Crippen LogP contribution is 2.38. The van der Waals surface area contributed by atoms with Gasteiger partial charge in [-0.05, 0) is 50.0 Å². The van der Waals surface area contributed by atoms with E-state index in [0.29, 0.717) is 48.9 Å². The van der Waals surface area contributed by atoms with Crippen LogP contribution in [0.15, 0.2) is 30.5 Å². The summed E-state index contributed by atoms with van der Waals surface area (Å²) < 4.78 is 21.0. The van der Waals surface area contributed by atoms with Crippen molar-refractivity contribution in [2.24, 2.45) is 0 Å². The fraction of sp³-hybridized carbons (Fsp3) is 0.480. The van der Waals surface area contributed by atoms with Gasteiger partial charge in [-0.1, -0.05) is 31.4 Å². The molecule has 1 aromatic carbocycles. The predicted molar refractivity (Wildman–Crippen MR) is 123 cm³/mol. The Kier molecular flexibility index (Phi) is 5.14. The zero-order chi connectivity index (χ0) is 22.3. The van der Waals surface area contributed by atoms with Crippen molar-refractivity contribution in [2.45, 2.75) is 63.6 Å². The molecule has 3 aliphatic rings. The Morgan fingerprint density at radius 1 is 1.19 bits per heavy atom. The lowest BCUT2D eigenvalue weighted by atomic mass is 9.86. The molecule has 0 spiro atoms. The maximum absolute atomic E-state index is 14.9. The summed E-state index contributed by atoms with van der Waals surface area (Å²) >= 11 is 0. The van der Waals surface area contributed by atoms with Gasteiger partial charge in [-0.3, -0.25) is 4.79 Å². The van der Waals surface area contributed by atoms with Crippen molar-refractivity contribution in [1.82, 2.24) is 9.97 Å². The molecule has 0 radical (unpaired) electrons. The number of halogens is 1. The molecule has 1 fully saturated rings. The molecule has 32 heavy (non-hydrogen) atoms. The maximum Gasteiger partial charge on any atom is 0.224 e. The third-order valence-electron chi connectivity index (χ3n) is 6.53. The van der Waals surface area contributed by atoms with E-state index in [0.717, 1.165) is 36.0 Å². The summed E-state index contributed by atoms with van der Waals surface area (Å²) in [5, 5.41) is 6.39. The first kappa shape index (κ1) is 20.9. The topological polar surface area (TPSA) is 76.1 Å². The first-order valence-electron chi connectivity index (χ1n) is 11.4. The summed E-state index contributed by atoms with van der Waals surface area (Å²) in [6.07, 6.45) is 8.39. The van der Waals surface area contributed by atoms with Crippen LogP contribution in [0, 0.1) is 0 Å². The Bertz CT molecular complexity index is 1090. The Labute approximate surface area is 187 Å². The summed E-state index contributed by atoms with van der Waals surface area (Å²) in [6, 6.07) is 5.71. The number of aromatic nitrogens is 2. The molecule has 7 heteroatoms. The van der Waals surface area contributed by atoms with Crippen LogP contribution in [-0.2, 0) is 0 Å². The van der Waals surface area contributed by atoms with Crippen LogP contribution in [0.5, 0.6) is 5.75 Å². The minimum absolute atomic E-state index is 0.102. The smallest absolute Gasteiger partial charge is 0.224 e. The van der Waals surface area contributed by atoms with Gasteiger partial charge in [0.15, 0.2) is 5.78 Å². The molecule has 2 aliphatic heterocycles. The quantitative estimate of drug-likeness (QED) is 0.689. The number of nitrogens with one attached hydrogen (secondary N) is 2. The van der Waals surface area contributed by atoms with E-state index in [1.54, 1.807) is 6.20 Å². The molecule has 2 aromatic rings. The fourth-order valence-corrected chi connectivity index (χ4v) is 4.85. The number of nitrogens with zero attached hydrogens (tertiary/aromatic N) is 2. The molecule has 1 aromatic heterocycles. The molecule has 0 atom stereocenters. The lowest BCUT2D eigenvalue weighted by Crippen LogP contribution is -2.35. The maximum atomic E-state index is 14.9. The highest BCUT2D eigenvalue weighted by Gasteiger charge is 2.33. The number of ketones is 1. The Morgan fingerprint density at radius 3 is 2.81 bits per heavy atom. The van der Waals surface area contributed by atoms with Gasteiger partial charge in [0.25, 0.3) is 0 Å². The molecule has 168 valence electrons. The van der Waals surface area contributed by atoms with E-state index in [-0.39, 0.29) is 12.3 Å². The van der Waals surface area contributed by atoms with E-state index in [2.05, 4.69) is 26.7 Å². The monoisotopic (exact) mass is 436 g/mol. The van der Waals surface area contributed by atoms with Crippen LogP contribution in [0.3, 0.4) is 0 Å². The molecule has 2 N–H and O–H groups in total. The number of ether oxygens (including phenoxy) is 1. The number of hydrogen-bond acceptors (Lipinski definition) is 6. The van der Waals surface area contributed by atoms with Crippen molar-refractivity contribution >= 4 is 23.1 Å². The molecular formula is C25H29FN4O2. The predicted octanol–water partition coefficient (Wildman–Crippen LogP) is 5.16. The summed E-state index contributed by atoms with van der Waals surface area (Å²) in [5.41, 5.74) is 1.74. The molecule has 5 rings (SSSR count). The van der Waals surface area contributed by atoms with Gasteiger partial charge in [0.05, 0.1) is 18.5 Å². The number of Topliss-reactive ketones (excluding diaryl/α,β-unsaturated/α-hetero) is 1. The minimum Gasteiger partial charge on any atom is -0.487 e. The number of benzene rings is 1. The molecule has 0 saturated heterocycles. The number of rotatable bonds is 4. The van der Waals surface area contributed by atoms with Crippen LogP contribution in [-0.4, -0.2) is 40.1 Å². The van der Waals surface area contributed by atoms with Crippen molar-refractivity contribution < 1.29 is 13.9 Å². The third-order valence-corrected chi connectivity index (χ3v) is 6.53. The number of carbonyl (C=O) groups is 1. The molecular weight excluding hydrogens is 407 g/mol. The lowest BCUT2D eigenvalue weighted by molar-refractivity contribution is 0.0620. The zero-order valence-corrected chi connectivity index (χ0v) is 18.6. The minimum atomic E-state index is -1.18. The zero-order valence-electron chi connectivity index (χ0n) is 18.6. The molecule has 1 aliphatic carbocycles. The summed E-state index contributed by atoms with van der Waals surface area (Å²) in [4.78, 5) is 21.5. The van der Waals surface area contributed by atoms with E-state index in [1.165, 1.54) is 0 Å². The first-order valence-corrected chi connectivity index (χ1v) is 11.4. The highest BCUT2D eigenvalue weighted by molar-refractivity contribution is 6.01. The molecule has 1 saturated carbocycles. The van der Waals surface area contributed by atoms with Gasteiger partial charge in [-0.15, -0.1) is 0 Å². The van der Waals surface area contributed by atoms with Gasteiger partial charge < -0.3 is 15.4 Å². The molecule has 3 heterocycles. The van der Waals surface area contributed by atoms with Crippen LogP contribution in [0.2, 0.25) is 0 Å². The second-order valence-electron chi connectivity index (χ2n) is 9.69. The Balaban J connectivity index is 1.38. The van der Waals surface area contributed by atoms with Gasteiger partial charge in [0.1, 0.15) is 22.8 Å². The number of hydrogen-bond donors (Lipinski definition) is 2. The van der Waals surface area contributed by atoms with E-state index in [4.69, 9.17) is 4.74 Å². The van der Waals surface area contributed by atoms with Crippen molar-refractivity contribution in [3.8, 4) is 5.75 Å². The van der Waals surface area contributed by atoms with Crippen LogP contribution < -0.4 is 15.4 Å². The average molecular weight is 437 g/mol. The standard InChI is InChI=1S/C25H29FN4O2/c1-24(2)13-20(31)18-7-6-16(12-21(18)32-24)17-8-11-27-22-19(17)14-28-23(30-22)29-15-25(26)9-4-3-5-10-25/h6-8,12,14H,3-5,9-11,13,15H2,1-2H3,(H2,27,28,29,30). The van der Waals surface area contributed by atoms with Crippen molar-refractivity contribution in [3.63, 3.8) is 0 Å². The van der Waals surface area contributed by atoms with Crippen LogP contribution in [0.1, 0.15) is 73.9 Å². The van der Waals surface area contributed by atoms with Crippen LogP contribution >= 0.6 is 0 Å². The van der Waals surface area contributed by atoms with Crippen LogP contribution in [0.25, 0.3) is 5.57 Å². The fourth-order valence-electron chi connectivity index (χ4n) is 4.85. The van der Waals surface area contributed by atoms with Crippen molar-refractivity contribution in [1.29, 1.82) is 0 Å². The van der Waals surface area contributed by atoms with Gasteiger partial charge in [-0.2, -0.15) is 4.98 Å². The summed E-state index contributed by atoms with van der Waals surface area (Å²) in [5.74, 6) is 1.86. The second kappa shape index (κ2) is 7.87. The van der Waals surface area contributed by atoms with Gasteiger partial charge in [0, 0.05) is 18.3 Å². The average Bonchev–Trinajstić information content (AvgIpc) is 2.76. The number of carbonyl (C=O) groups excluding carboxylic acids is 1. The summed E-state index contributed by atoms with van der Waals surface area (Å²) in [7, 11) is 0. The molecule has 0 unspecified atom stereocenters. The number of alkyl halides is 1. The SMILES string of the molecule is CC1(C)CC(=O)c2ccc(C3=CCNc4nc(NCC5(F)CCCCC5)ncc43)cc2O1. The van der Waals surface area contributed by atoms with Gasteiger partial charge in [0.2, 0.25) is 5.95 Å². The van der Waals surface area contributed by atoms with Crippen molar-refractivity contribution in [3.05, 3.63) is 47.2 Å². The second-order valence-corrected chi connectivity index (χ2v) is 9.69. The van der Waals surface area contributed by atoms with E-state index in [1.807, 2.05) is 32.0 Å². The first-order chi connectivity index (χ1) is 15.3. The largest absolute Gasteiger partial charge is 0.487 e. The number of fused-ring (bicyclic) bond motifs is 2. The summed E-state index contributed by atoms with van der Waals surface area (Å²) in [6.45, 7) is 4.71. The Morgan fingerprint density at radius 2 is 2.00 bits per heavy atom. The molecule has 6 nitrogen and oxygen atoms in total. The lowest BCUT2D eigenvalue weighted by Gasteiger charge is -2.32. The molecule has 0 amide bonds. The highest BCUT2D eigenvalue weighted by atomic mass is 19.1. The van der Waals surface area contributed by atoms with E-state index in [9.17, 15) is 9.18 Å². The van der Waals surface area contributed by atoms with Crippen molar-refractivity contribution in [2.75, 3.05) is 23.7 Å². The molecule has 0 bridgehead atoms. The third kappa shape index (κ3) is 4.08. The van der Waals surface area contributed by atoms with Gasteiger partial charge >= 0.3 is 0 Å². The van der Waals surface area contributed by atoms with E-state index >= 15 is 0 Å².